The molecule has 21 heavy (non-hydrogen) atoms. The molecule has 0 unspecified atom stereocenters. The molecule has 0 radical (unpaired) electrons. The number of aromatic hydroxyl groups is 1. The van der Waals surface area contributed by atoms with Crippen LogP contribution in [0, 0.1) is 11.3 Å². The van der Waals surface area contributed by atoms with Gasteiger partial charge in [0, 0.05) is 13.1 Å². The third-order valence-electron chi connectivity index (χ3n) is 4.58. The standard InChI is InChI=1S/C18H29NO2/c1-14(2)11-18(8-4-5-9-18)13-19-12-15-6-7-16(20)17(10-15)21-3/h6-7,10,14,19-20H,4-5,8-9,11-13H2,1-3H3. The molecule has 0 heterocycles. The van der Waals surface area contributed by atoms with Crippen LogP contribution >= 0.6 is 0 Å². The van der Waals surface area contributed by atoms with Crippen LogP contribution in [0.15, 0.2) is 18.2 Å². The van der Waals surface area contributed by atoms with Crippen LogP contribution in [0.1, 0.15) is 51.5 Å². The highest BCUT2D eigenvalue weighted by Crippen LogP contribution is 2.42. The number of phenols is 1. The van der Waals surface area contributed by atoms with Crippen LogP contribution in [-0.2, 0) is 6.54 Å². The van der Waals surface area contributed by atoms with Gasteiger partial charge in [-0.15, -0.1) is 0 Å². The molecule has 0 saturated heterocycles. The highest BCUT2D eigenvalue weighted by atomic mass is 16.5. The number of phenolic OH excluding ortho intramolecular Hbond substituents is 1. The summed E-state index contributed by atoms with van der Waals surface area (Å²) in [5, 5.41) is 13.3. The highest BCUT2D eigenvalue weighted by molar-refractivity contribution is 5.41. The number of methoxy groups -OCH3 is 1. The van der Waals surface area contributed by atoms with Gasteiger partial charge in [-0.05, 0) is 48.3 Å². The first kappa shape index (κ1) is 16.2. The molecule has 118 valence electrons. The van der Waals surface area contributed by atoms with Crippen molar-refractivity contribution in [2.45, 2.75) is 52.5 Å². The molecule has 1 fully saturated rings. The highest BCUT2D eigenvalue weighted by Gasteiger charge is 2.33. The molecule has 3 heteroatoms. The van der Waals surface area contributed by atoms with Crippen molar-refractivity contribution in [2.75, 3.05) is 13.7 Å². The Labute approximate surface area is 128 Å². The fraction of sp³-hybridized carbons (Fsp3) is 0.667. The van der Waals surface area contributed by atoms with E-state index >= 15 is 0 Å². The lowest BCUT2D eigenvalue weighted by Gasteiger charge is -2.31. The molecular weight excluding hydrogens is 262 g/mol. The van der Waals surface area contributed by atoms with Crippen molar-refractivity contribution in [1.82, 2.24) is 5.32 Å². The van der Waals surface area contributed by atoms with E-state index in [0.29, 0.717) is 11.2 Å². The Balaban J connectivity index is 1.90. The largest absolute Gasteiger partial charge is 0.504 e. The van der Waals surface area contributed by atoms with Crippen molar-refractivity contribution in [3.63, 3.8) is 0 Å². The molecular formula is C18H29NO2. The van der Waals surface area contributed by atoms with Crippen LogP contribution < -0.4 is 10.1 Å². The predicted molar refractivity (Wildman–Crippen MR) is 86.7 cm³/mol. The molecule has 2 rings (SSSR count). The zero-order chi connectivity index (χ0) is 15.3. The van der Waals surface area contributed by atoms with E-state index < -0.39 is 0 Å². The van der Waals surface area contributed by atoms with Crippen molar-refractivity contribution in [2.24, 2.45) is 11.3 Å². The van der Waals surface area contributed by atoms with Crippen molar-refractivity contribution in [3.8, 4) is 11.5 Å². The molecule has 1 aromatic rings. The third-order valence-corrected chi connectivity index (χ3v) is 4.58. The van der Waals surface area contributed by atoms with Crippen LogP contribution in [0.3, 0.4) is 0 Å². The van der Waals surface area contributed by atoms with E-state index in [0.717, 1.165) is 24.6 Å². The summed E-state index contributed by atoms with van der Waals surface area (Å²) in [7, 11) is 1.59. The average molecular weight is 291 g/mol. The Morgan fingerprint density at radius 2 is 2.00 bits per heavy atom. The summed E-state index contributed by atoms with van der Waals surface area (Å²) < 4.78 is 5.16. The van der Waals surface area contributed by atoms with E-state index in [9.17, 15) is 5.11 Å². The van der Waals surface area contributed by atoms with Gasteiger partial charge in [-0.25, -0.2) is 0 Å². The van der Waals surface area contributed by atoms with Crippen LogP contribution in [0.2, 0.25) is 0 Å². The second-order valence-electron chi connectivity index (χ2n) is 6.91. The van der Waals surface area contributed by atoms with E-state index in [2.05, 4.69) is 19.2 Å². The van der Waals surface area contributed by atoms with Gasteiger partial charge in [-0.2, -0.15) is 0 Å². The van der Waals surface area contributed by atoms with Gasteiger partial charge in [0.05, 0.1) is 7.11 Å². The van der Waals surface area contributed by atoms with Crippen LogP contribution in [0.25, 0.3) is 0 Å². The Morgan fingerprint density at radius 3 is 2.62 bits per heavy atom. The first-order valence-corrected chi connectivity index (χ1v) is 8.11. The van der Waals surface area contributed by atoms with E-state index in [-0.39, 0.29) is 5.75 Å². The minimum absolute atomic E-state index is 0.202. The number of hydrogen-bond acceptors (Lipinski definition) is 3. The molecule has 3 nitrogen and oxygen atoms in total. The zero-order valence-corrected chi connectivity index (χ0v) is 13.6. The lowest BCUT2D eigenvalue weighted by Crippen LogP contribution is -2.33. The normalized spacial score (nSPS) is 17.3. The van der Waals surface area contributed by atoms with E-state index in [4.69, 9.17) is 4.74 Å². The van der Waals surface area contributed by atoms with Crippen molar-refractivity contribution < 1.29 is 9.84 Å². The lowest BCUT2D eigenvalue weighted by atomic mass is 9.78. The number of benzene rings is 1. The summed E-state index contributed by atoms with van der Waals surface area (Å²) >= 11 is 0. The van der Waals surface area contributed by atoms with Crippen LogP contribution in [-0.4, -0.2) is 18.8 Å². The van der Waals surface area contributed by atoms with Gasteiger partial charge >= 0.3 is 0 Å². The molecule has 0 aliphatic heterocycles. The maximum atomic E-state index is 9.63. The van der Waals surface area contributed by atoms with Gasteiger partial charge in [-0.3, -0.25) is 0 Å². The lowest BCUT2D eigenvalue weighted by molar-refractivity contribution is 0.223. The number of hydrogen-bond donors (Lipinski definition) is 2. The van der Waals surface area contributed by atoms with Gasteiger partial charge in [0.15, 0.2) is 11.5 Å². The van der Waals surface area contributed by atoms with Crippen molar-refractivity contribution in [1.29, 1.82) is 0 Å². The number of nitrogens with one attached hydrogen (secondary N) is 1. The number of rotatable bonds is 7. The predicted octanol–water partition coefficient (Wildman–Crippen LogP) is 4.10. The maximum absolute atomic E-state index is 9.63. The fourth-order valence-electron chi connectivity index (χ4n) is 3.75. The third kappa shape index (κ3) is 4.37. The maximum Gasteiger partial charge on any atom is 0.160 e. The van der Waals surface area contributed by atoms with E-state index in [1.807, 2.05) is 12.1 Å². The molecule has 1 aromatic carbocycles. The van der Waals surface area contributed by atoms with Gasteiger partial charge < -0.3 is 15.2 Å². The summed E-state index contributed by atoms with van der Waals surface area (Å²) in [6.45, 7) is 6.57. The first-order valence-electron chi connectivity index (χ1n) is 8.11. The monoisotopic (exact) mass is 291 g/mol. The van der Waals surface area contributed by atoms with Crippen molar-refractivity contribution >= 4 is 0 Å². The SMILES string of the molecule is COc1cc(CNCC2(CC(C)C)CCCC2)ccc1O. The summed E-state index contributed by atoms with van der Waals surface area (Å²) in [6, 6.07) is 5.57. The molecule has 0 amide bonds. The van der Waals surface area contributed by atoms with Gasteiger partial charge in [0.2, 0.25) is 0 Å². The van der Waals surface area contributed by atoms with Gasteiger partial charge in [0.1, 0.15) is 0 Å². The molecule has 0 aromatic heterocycles. The quantitative estimate of drug-likeness (QED) is 0.795. The van der Waals surface area contributed by atoms with Crippen molar-refractivity contribution in [3.05, 3.63) is 23.8 Å². The summed E-state index contributed by atoms with van der Waals surface area (Å²) in [4.78, 5) is 0. The first-order chi connectivity index (χ1) is 10.0. The second-order valence-corrected chi connectivity index (χ2v) is 6.91. The molecule has 2 N–H and O–H groups in total. The molecule has 1 aliphatic carbocycles. The Kier molecular flexibility index (Phi) is 5.51. The Bertz CT molecular complexity index is 451. The summed E-state index contributed by atoms with van der Waals surface area (Å²) in [5.41, 5.74) is 1.65. The Hall–Kier alpha value is -1.22. The molecule has 1 saturated carbocycles. The molecule has 0 bridgehead atoms. The molecule has 1 aliphatic rings. The van der Waals surface area contributed by atoms with Gasteiger partial charge in [-0.1, -0.05) is 32.8 Å². The van der Waals surface area contributed by atoms with E-state index in [1.54, 1.807) is 13.2 Å². The summed E-state index contributed by atoms with van der Waals surface area (Å²) in [5.74, 6) is 1.51. The molecule has 0 spiro atoms. The number of ether oxygens (including phenoxy) is 1. The van der Waals surface area contributed by atoms with Crippen LogP contribution in [0.5, 0.6) is 11.5 Å². The minimum atomic E-state index is 0.202. The Morgan fingerprint density at radius 1 is 1.29 bits per heavy atom. The van der Waals surface area contributed by atoms with Gasteiger partial charge in [0.25, 0.3) is 0 Å². The zero-order valence-electron chi connectivity index (χ0n) is 13.6. The average Bonchev–Trinajstić information content (AvgIpc) is 2.88. The second kappa shape index (κ2) is 7.17. The van der Waals surface area contributed by atoms with E-state index in [1.165, 1.54) is 32.1 Å². The molecule has 0 atom stereocenters. The smallest absolute Gasteiger partial charge is 0.160 e. The minimum Gasteiger partial charge on any atom is -0.504 e. The van der Waals surface area contributed by atoms with Crippen LogP contribution in [0.4, 0.5) is 0 Å². The topological polar surface area (TPSA) is 41.5 Å². The fourth-order valence-corrected chi connectivity index (χ4v) is 3.75. The summed E-state index contributed by atoms with van der Waals surface area (Å²) in [6.07, 6.45) is 6.79.